The Kier molecular flexibility index (Phi) is 3.00. The van der Waals surface area contributed by atoms with Crippen molar-refractivity contribution in [2.24, 2.45) is 0 Å². The third kappa shape index (κ3) is 2.03. The van der Waals surface area contributed by atoms with Crippen LogP contribution in [0, 0.1) is 0 Å². The molecule has 0 aromatic heterocycles. The molecule has 0 radical (unpaired) electrons. The zero-order chi connectivity index (χ0) is 13.5. The Morgan fingerprint density at radius 3 is 2.75 bits per heavy atom. The van der Waals surface area contributed by atoms with Gasteiger partial charge in [-0.25, -0.2) is 0 Å². The first kappa shape index (κ1) is 12.4. The summed E-state index contributed by atoms with van der Waals surface area (Å²) in [6.07, 6.45) is 3.73. The fraction of sp³-hybridized carbons (Fsp3) is 0.562. The third-order valence-corrected chi connectivity index (χ3v) is 4.71. The molecule has 3 aliphatic heterocycles. The zero-order valence-corrected chi connectivity index (χ0v) is 11.5. The summed E-state index contributed by atoms with van der Waals surface area (Å²) in [5.41, 5.74) is 2.46. The van der Waals surface area contributed by atoms with Crippen LogP contribution in [0.1, 0.15) is 30.0 Å². The number of likely N-dealkylation sites (tertiary alicyclic amines) is 1. The van der Waals surface area contributed by atoms with Crippen LogP contribution in [0.2, 0.25) is 0 Å². The summed E-state index contributed by atoms with van der Waals surface area (Å²) in [7, 11) is 0. The van der Waals surface area contributed by atoms with Gasteiger partial charge in [0.2, 0.25) is 5.91 Å². The van der Waals surface area contributed by atoms with E-state index in [0.29, 0.717) is 0 Å². The summed E-state index contributed by atoms with van der Waals surface area (Å²) >= 11 is 0. The Hall–Kier alpha value is -1.39. The lowest BCUT2D eigenvalue weighted by Crippen LogP contribution is -2.50. The molecular weight excluding hydrogens is 252 g/mol. The maximum Gasteiger partial charge on any atom is 0.244 e. The number of carbonyl (C=O) groups excluding carboxylic acids is 1. The molecule has 20 heavy (non-hydrogen) atoms. The lowest BCUT2D eigenvalue weighted by Gasteiger charge is -2.36. The average Bonchev–Trinajstić information content (AvgIpc) is 2.84. The van der Waals surface area contributed by atoms with Crippen LogP contribution < -0.4 is 5.32 Å². The van der Waals surface area contributed by atoms with Crippen LogP contribution in [-0.4, -0.2) is 42.6 Å². The number of rotatable bonds is 1. The predicted octanol–water partition coefficient (Wildman–Crippen LogP) is 1.26. The van der Waals surface area contributed by atoms with Crippen molar-refractivity contribution < 1.29 is 9.53 Å². The van der Waals surface area contributed by atoms with Crippen LogP contribution in [0.3, 0.4) is 0 Å². The van der Waals surface area contributed by atoms with Crippen molar-refractivity contribution in [3.05, 3.63) is 35.4 Å². The highest BCUT2D eigenvalue weighted by molar-refractivity contribution is 5.84. The second-order valence-corrected chi connectivity index (χ2v) is 6.04. The standard InChI is InChI=1S/C16H20N2O2/c19-16(18-9-12-5-6-13(10-18)20-12)15-14-4-2-1-3-11(14)7-8-17-15/h1-4,12-13,15,17H,5-10H2. The van der Waals surface area contributed by atoms with Crippen molar-refractivity contribution in [2.75, 3.05) is 19.6 Å². The molecule has 2 bridgehead atoms. The molecule has 3 heterocycles. The van der Waals surface area contributed by atoms with Gasteiger partial charge in [0.1, 0.15) is 6.04 Å². The summed E-state index contributed by atoms with van der Waals surface area (Å²) in [5, 5.41) is 3.39. The largest absolute Gasteiger partial charge is 0.371 e. The topological polar surface area (TPSA) is 41.6 Å². The monoisotopic (exact) mass is 272 g/mol. The number of fused-ring (bicyclic) bond motifs is 3. The Labute approximate surface area is 119 Å². The minimum absolute atomic E-state index is 0.169. The zero-order valence-electron chi connectivity index (χ0n) is 11.5. The SMILES string of the molecule is O=C(C1NCCc2ccccc21)N1CC2CCC(C1)O2. The Balaban J connectivity index is 1.57. The van der Waals surface area contributed by atoms with Gasteiger partial charge in [-0.3, -0.25) is 4.79 Å². The van der Waals surface area contributed by atoms with E-state index >= 15 is 0 Å². The molecule has 106 valence electrons. The summed E-state index contributed by atoms with van der Waals surface area (Å²) < 4.78 is 5.82. The Morgan fingerprint density at radius 2 is 1.95 bits per heavy atom. The number of hydrogen-bond donors (Lipinski definition) is 1. The third-order valence-electron chi connectivity index (χ3n) is 4.71. The molecule has 3 unspecified atom stereocenters. The molecule has 4 nitrogen and oxygen atoms in total. The van der Waals surface area contributed by atoms with Crippen LogP contribution in [0.15, 0.2) is 24.3 Å². The van der Waals surface area contributed by atoms with Crippen LogP contribution in [0.25, 0.3) is 0 Å². The van der Waals surface area contributed by atoms with Gasteiger partial charge in [-0.2, -0.15) is 0 Å². The van der Waals surface area contributed by atoms with Crippen LogP contribution in [0.4, 0.5) is 0 Å². The maximum atomic E-state index is 12.8. The highest BCUT2D eigenvalue weighted by Crippen LogP contribution is 2.30. The molecular formula is C16H20N2O2. The van der Waals surface area contributed by atoms with Gasteiger partial charge in [-0.1, -0.05) is 24.3 Å². The lowest BCUT2D eigenvalue weighted by atomic mass is 9.93. The molecule has 1 aromatic carbocycles. The number of morpholine rings is 1. The number of carbonyl (C=O) groups is 1. The number of ether oxygens (including phenoxy) is 1. The second-order valence-electron chi connectivity index (χ2n) is 6.04. The highest BCUT2D eigenvalue weighted by Gasteiger charge is 2.38. The van der Waals surface area contributed by atoms with Crippen LogP contribution in [0.5, 0.6) is 0 Å². The van der Waals surface area contributed by atoms with E-state index in [9.17, 15) is 4.79 Å². The van der Waals surface area contributed by atoms with Crippen molar-refractivity contribution in [3.8, 4) is 0 Å². The number of nitrogens with zero attached hydrogens (tertiary/aromatic N) is 1. The first-order chi connectivity index (χ1) is 9.81. The van der Waals surface area contributed by atoms with Gasteiger partial charge in [0.05, 0.1) is 12.2 Å². The Bertz CT molecular complexity index is 519. The van der Waals surface area contributed by atoms with Gasteiger partial charge in [0.15, 0.2) is 0 Å². The van der Waals surface area contributed by atoms with Gasteiger partial charge >= 0.3 is 0 Å². The fourth-order valence-electron chi connectivity index (χ4n) is 3.70. The van der Waals surface area contributed by atoms with Gasteiger partial charge < -0.3 is 15.0 Å². The smallest absolute Gasteiger partial charge is 0.244 e. The van der Waals surface area contributed by atoms with Crippen LogP contribution in [-0.2, 0) is 16.0 Å². The summed E-state index contributed by atoms with van der Waals surface area (Å²) in [6, 6.07) is 8.13. The highest BCUT2D eigenvalue weighted by atomic mass is 16.5. The molecule has 4 heteroatoms. The van der Waals surface area contributed by atoms with Crippen molar-refractivity contribution >= 4 is 5.91 Å². The first-order valence-corrected chi connectivity index (χ1v) is 7.57. The van der Waals surface area contributed by atoms with E-state index in [1.54, 1.807) is 0 Å². The minimum atomic E-state index is -0.169. The summed E-state index contributed by atoms with van der Waals surface area (Å²) in [4.78, 5) is 14.8. The summed E-state index contributed by atoms with van der Waals surface area (Å²) in [6.45, 7) is 2.40. The molecule has 3 aliphatic rings. The quantitative estimate of drug-likeness (QED) is 0.837. The number of nitrogens with one attached hydrogen (secondary N) is 1. The summed E-state index contributed by atoms with van der Waals surface area (Å²) in [5.74, 6) is 0.220. The molecule has 4 rings (SSSR count). The Morgan fingerprint density at radius 1 is 1.20 bits per heavy atom. The van der Waals surface area contributed by atoms with Crippen molar-refractivity contribution in [2.45, 2.75) is 37.5 Å². The molecule has 0 aliphatic carbocycles. The van der Waals surface area contributed by atoms with Crippen molar-refractivity contribution in [3.63, 3.8) is 0 Å². The minimum Gasteiger partial charge on any atom is -0.371 e. The van der Waals surface area contributed by atoms with Gasteiger partial charge in [-0.15, -0.1) is 0 Å². The van der Waals surface area contributed by atoms with Gasteiger partial charge in [0, 0.05) is 19.6 Å². The molecule has 2 saturated heterocycles. The van der Waals surface area contributed by atoms with E-state index in [1.807, 2.05) is 11.0 Å². The predicted molar refractivity (Wildman–Crippen MR) is 75.4 cm³/mol. The van der Waals surface area contributed by atoms with E-state index in [4.69, 9.17) is 4.74 Å². The van der Waals surface area contributed by atoms with Gasteiger partial charge in [0.25, 0.3) is 0 Å². The normalized spacial score (nSPS) is 32.0. The van der Waals surface area contributed by atoms with Crippen LogP contribution >= 0.6 is 0 Å². The van der Waals surface area contributed by atoms with E-state index in [2.05, 4.69) is 23.5 Å². The molecule has 3 atom stereocenters. The second kappa shape index (κ2) is 4.86. The number of hydrogen-bond acceptors (Lipinski definition) is 3. The first-order valence-electron chi connectivity index (χ1n) is 7.57. The van der Waals surface area contributed by atoms with Crippen molar-refractivity contribution in [1.82, 2.24) is 10.2 Å². The molecule has 2 fully saturated rings. The van der Waals surface area contributed by atoms with Crippen molar-refractivity contribution in [1.29, 1.82) is 0 Å². The van der Waals surface area contributed by atoms with E-state index in [0.717, 1.165) is 44.5 Å². The lowest BCUT2D eigenvalue weighted by molar-refractivity contribution is -0.142. The molecule has 1 aromatic rings. The fourth-order valence-corrected chi connectivity index (χ4v) is 3.70. The number of amides is 1. The molecule has 0 spiro atoms. The molecule has 0 saturated carbocycles. The molecule has 1 N–H and O–H groups in total. The number of benzene rings is 1. The van der Waals surface area contributed by atoms with E-state index < -0.39 is 0 Å². The van der Waals surface area contributed by atoms with E-state index in [1.165, 1.54) is 5.56 Å². The maximum absolute atomic E-state index is 12.8. The van der Waals surface area contributed by atoms with Gasteiger partial charge in [-0.05, 0) is 30.4 Å². The van der Waals surface area contributed by atoms with E-state index in [-0.39, 0.29) is 24.2 Å². The molecule has 1 amide bonds. The average molecular weight is 272 g/mol.